The largest absolute Gasteiger partial charge is 0.493 e. The van der Waals surface area contributed by atoms with Gasteiger partial charge in [0.15, 0.2) is 16.5 Å². The first-order valence-electron chi connectivity index (χ1n) is 7.96. The SMILES string of the molecule is COc1ccc(CCN(C)C(=O)Cc2cn3ccsc3n2)cc1OC. The molecular formula is C18H21N3O3S. The summed E-state index contributed by atoms with van der Waals surface area (Å²) in [6.45, 7) is 0.635. The lowest BCUT2D eigenvalue weighted by Crippen LogP contribution is -2.30. The van der Waals surface area contributed by atoms with Gasteiger partial charge in [0.25, 0.3) is 0 Å². The molecule has 0 fully saturated rings. The average molecular weight is 359 g/mol. The van der Waals surface area contributed by atoms with Gasteiger partial charge in [-0.05, 0) is 24.1 Å². The number of hydrogen-bond acceptors (Lipinski definition) is 5. The van der Waals surface area contributed by atoms with Crippen molar-refractivity contribution in [3.8, 4) is 11.5 Å². The molecule has 2 aromatic heterocycles. The number of thiazole rings is 1. The molecule has 0 N–H and O–H groups in total. The number of benzene rings is 1. The van der Waals surface area contributed by atoms with E-state index in [-0.39, 0.29) is 5.91 Å². The van der Waals surface area contributed by atoms with Crippen LogP contribution >= 0.6 is 11.3 Å². The molecule has 3 aromatic rings. The van der Waals surface area contributed by atoms with Gasteiger partial charge in [-0.2, -0.15) is 0 Å². The van der Waals surface area contributed by atoms with E-state index in [0.29, 0.717) is 24.5 Å². The molecule has 1 aromatic carbocycles. The molecule has 0 atom stereocenters. The highest BCUT2D eigenvalue weighted by molar-refractivity contribution is 7.15. The van der Waals surface area contributed by atoms with Gasteiger partial charge in [0.1, 0.15) is 0 Å². The number of ether oxygens (including phenoxy) is 2. The first-order valence-corrected chi connectivity index (χ1v) is 8.84. The van der Waals surface area contributed by atoms with Crippen LogP contribution in [0.1, 0.15) is 11.3 Å². The molecule has 0 saturated carbocycles. The molecule has 25 heavy (non-hydrogen) atoms. The molecule has 0 spiro atoms. The van der Waals surface area contributed by atoms with Crippen LogP contribution in [0.3, 0.4) is 0 Å². The van der Waals surface area contributed by atoms with Crippen LogP contribution in [0, 0.1) is 0 Å². The lowest BCUT2D eigenvalue weighted by molar-refractivity contribution is -0.129. The number of nitrogens with zero attached hydrogens (tertiary/aromatic N) is 3. The van der Waals surface area contributed by atoms with Crippen molar-refractivity contribution in [3.05, 3.63) is 47.2 Å². The van der Waals surface area contributed by atoms with Crippen LogP contribution in [0.5, 0.6) is 11.5 Å². The minimum atomic E-state index is 0.0613. The van der Waals surface area contributed by atoms with Gasteiger partial charge in [0.05, 0.1) is 26.3 Å². The maximum atomic E-state index is 12.4. The fraction of sp³-hybridized carbons (Fsp3) is 0.333. The fourth-order valence-corrected chi connectivity index (χ4v) is 3.33. The first-order chi connectivity index (χ1) is 12.1. The summed E-state index contributed by atoms with van der Waals surface area (Å²) in [6, 6.07) is 5.82. The van der Waals surface area contributed by atoms with Crippen LogP contribution in [0.4, 0.5) is 0 Å². The molecule has 0 bridgehead atoms. The smallest absolute Gasteiger partial charge is 0.228 e. The monoisotopic (exact) mass is 359 g/mol. The second kappa shape index (κ2) is 7.57. The predicted molar refractivity (Wildman–Crippen MR) is 97.7 cm³/mol. The fourth-order valence-electron chi connectivity index (χ4n) is 2.61. The lowest BCUT2D eigenvalue weighted by atomic mass is 10.1. The summed E-state index contributed by atoms with van der Waals surface area (Å²) in [4.78, 5) is 19.5. The number of methoxy groups -OCH3 is 2. The summed E-state index contributed by atoms with van der Waals surface area (Å²) in [6.07, 6.45) is 4.92. The number of carbonyl (C=O) groups is 1. The molecule has 1 amide bonds. The highest BCUT2D eigenvalue weighted by Gasteiger charge is 2.13. The van der Waals surface area contributed by atoms with Gasteiger partial charge < -0.3 is 14.4 Å². The lowest BCUT2D eigenvalue weighted by Gasteiger charge is -2.17. The van der Waals surface area contributed by atoms with Crippen molar-refractivity contribution in [3.63, 3.8) is 0 Å². The molecule has 0 aliphatic heterocycles. The number of amides is 1. The second-order valence-corrected chi connectivity index (χ2v) is 6.63. The Kier molecular flexibility index (Phi) is 5.23. The van der Waals surface area contributed by atoms with E-state index < -0.39 is 0 Å². The van der Waals surface area contributed by atoms with E-state index in [1.54, 1.807) is 30.5 Å². The third-order valence-corrected chi connectivity index (χ3v) is 4.86. The van der Waals surface area contributed by atoms with Gasteiger partial charge in [-0.15, -0.1) is 11.3 Å². The standard InChI is InChI=1S/C18H21N3O3S/c1-20(7-6-13-4-5-15(23-2)16(10-13)24-3)17(22)11-14-12-21-8-9-25-18(21)19-14/h4-5,8-10,12H,6-7,11H2,1-3H3. The summed E-state index contributed by atoms with van der Waals surface area (Å²) in [5, 5.41) is 1.98. The van der Waals surface area contributed by atoms with Gasteiger partial charge >= 0.3 is 0 Å². The number of aromatic nitrogens is 2. The van der Waals surface area contributed by atoms with Crippen LogP contribution in [0.15, 0.2) is 36.0 Å². The van der Waals surface area contributed by atoms with Crippen LogP contribution in [-0.4, -0.2) is 48.0 Å². The first kappa shape index (κ1) is 17.3. The molecule has 0 unspecified atom stereocenters. The van der Waals surface area contributed by atoms with E-state index >= 15 is 0 Å². The Labute approximate surface area is 150 Å². The molecule has 0 aliphatic rings. The van der Waals surface area contributed by atoms with Crippen LogP contribution in [-0.2, 0) is 17.6 Å². The highest BCUT2D eigenvalue weighted by atomic mass is 32.1. The van der Waals surface area contributed by atoms with Crippen LogP contribution in [0.25, 0.3) is 4.96 Å². The molecule has 0 radical (unpaired) electrons. The number of fused-ring (bicyclic) bond motifs is 1. The van der Waals surface area contributed by atoms with E-state index in [1.165, 1.54) is 0 Å². The molecule has 2 heterocycles. The maximum absolute atomic E-state index is 12.4. The normalized spacial score (nSPS) is 10.8. The average Bonchev–Trinajstić information content (AvgIpc) is 3.20. The molecule has 7 heteroatoms. The Morgan fingerprint density at radius 1 is 1.28 bits per heavy atom. The third-order valence-electron chi connectivity index (χ3n) is 4.09. The zero-order valence-corrected chi connectivity index (χ0v) is 15.4. The summed E-state index contributed by atoms with van der Waals surface area (Å²) in [5.41, 5.74) is 1.90. The van der Waals surface area contributed by atoms with Gasteiger partial charge in [-0.1, -0.05) is 6.07 Å². The zero-order valence-electron chi connectivity index (χ0n) is 14.6. The number of likely N-dealkylation sites (N-methyl/N-ethyl adjacent to an activating group) is 1. The van der Waals surface area contributed by atoms with Crippen molar-refractivity contribution >= 4 is 22.2 Å². The topological polar surface area (TPSA) is 56.1 Å². The van der Waals surface area contributed by atoms with Crippen LogP contribution < -0.4 is 9.47 Å². The van der Waals surface area contributed by atoms with E-state index in [9.17, 15) is 4.79 Å². The number of hydrogen-bond donors (Lipinski definition) is 0. The number of carbonyl (C=O) groups excluding carboxylic acids is 1. The van der Waals surface area contributed by atoms with E-state index in [0.717, 1.165) is 22.6 Å². The number of rotatable bonds is 7. The van der Waals surface area contributed by atoms with E-state index in [2.05, 4.69) is 4.98 Å². The summed E-state index contributed by atoms with van der Waals surface area (Å²) < 4.78 is 12.5. The van der Waals surface area contributed by atoms with Crippen molar-refractivity contribution in [1.29, 1.82) is 0 Å². The molecule has 0 saturated heterocycles. The second-order valence-electron chi connectivity index (χ2n) is 5.76. The van der Waals surface area contributed by atoms with E-state index in [4.69, 9.17) is 9.47 Å². The minimum absolute atomic E-state index is 0.0613. The number of imidazole rings is 1. The van der Waals surface area contributed by atoms with Gasteiger partial charge in [0, 0.05) is 31.4 Å². The van der Waals surface area contributed by atoms with Crippen molar-refractivity contribution in [1.82, 2.24) is 14.3 Å². The summed E-state index contributed by atoms with van der Waals surface area (Å²) >= 11 is 1.56. The Morgan fingerprint density at radius 3 is 2.80 bits per heavy atom. The zero-order chi connectivity index (χ0) is 17.8. The van der Waals surface area contributed by atoms with Crippen LogP contribution in [0.2, 0.25) is 0 Å². The maximum Gasteiger partial charge on any atom is 0.228 e. The predicted octanol–water partition coefficient (Wildman–Crippen LogP) is 2.66. The Morgan fingerprint density at radius 2 is 2.08 bits per heavy atom. The Hall–Kier alpha value is -2.54. The van der Waals surface area contributed by atoms with Gasteiger partial charge in [0.2, 0.25) is 5.91 Å². The van der Waals surface area contributed by atoms with Gasteiger partial charge in [-0.25, -0.2) is 4.98 Å². The van der Waals surface area contributed by atoms with E-state index in [1.807, 2.05) is 47.4 Å². The van der Waals surface area contributed by atoms with Gasteiger partial charge in [-0.3, -0.25) is 9.20 Å². The van der Waals surface area contributed by atoms with Crippen molar-refractivity contribution in [2.45, 2.75) is 12.8 Å². The van der Waals surface area contributed by atoms with Crippen molar-refractivity contribution in [2.24, 2.45) is 0 Å². The molecule has 0 aliphatic carbocycles. The highest BCUT2D eigenvalue weighted by Crippen LogP contribution is 2.27. The summed E-state index contributed by atoms with van der Waals surface area (Å²) in [7, 11) is 5.05. The Balaban J connectivity index is 1.57. The van der Waals surface area contributed by atoms with Crippen molar-refractivity contribution < 1.29 is 14.3 Å². The Bertz CT molecular complexity index is 843. The molecule has 3 rings (SSSR count). The summed E-state index contributed by atoms with van der Waals surface area (Å²) in [5.74, 6) is 1.47. The quantitative estimate of drug-likeness (QED) is 0.651. The minimum Gasteiger partial charge on any atom is -0.493 e. The third kappa shape index (κ3) is 3.93. The molecule has 132 valence electrons. The molecular weight excluding hydrogens is 338 g/mol. The molecule has 6 nitrogen and oxygen atoms in total. The van der Waals surface area contributed by atoms with Crippen molar-refractivity contribution in [2.75, 3.05) is 27.8 Å².